The molecule has 0 aliphatic heterocycles. The minimum absolute atomic E-state index is 0.549. The lowest BCUT2D eigenvalue weighted by Gasteiger charge is -2.11. The molecule has 6 nitrogen and oxygen atoms in total. The lowest BCUT2D eigenvalue weighted by Crippen LogP contribution is -2.22. The number of aromatic nitrogens is 4. The van der Waals surface area contributed by atoms with Gasteiger partial charge in [-0.25, -0.2) is 9.48 Å². The third-order valence-corrected chi connectivity index (χ3v) is 2.02. The number of carbonyl (C=O) groups is 1. The molecule has 0 radical (unpaired) electrons. The summed E-state index contributed by atoms with van der Waals surface area (Å²) >= 11 is 0. The number of hydrogen-bond donors (Lipinski definition) is 1. The van der Waals surface area contributed by atoms with Gasteiger partial charge in [-0.2, -0.15) is 0 Å². The quantitative estimate of drug-likeness (QED) is 0.751. The molecule has 1 aromatic heterocycles. The summed E-state index contributed by atoms with van der Waals surface area (Å²) in [6.07, 6.45) is 1.98. The molecule has 14 heavy (non-hydrogen) atoms. The van der Waals surface area contributed by atoms with Gasteiger partial charge in [0.15, 0.2) is 11.9 Å². The minimum Gasteiger partial charge on any atom is -0.480 e. The number of rotatable bonds is 5. The number of carboxylic acid groups (broad SMARTS) is 1. The molecule has 0 amide bonds. The van der Waals surface area contributed by atoms with Gasteiger partial charge >= 0.3 is 5.97 Å². The van der Waals surface area contributed by atoms with E-state index in [9.17, 15) is 4.79 Å². The fourth-order valence-corrected chi connectivity index (χ4v) is 1.31. The average Bonchev–Trinajstić information content (AvgIpc) is 2.61. The van der Waals surface area contributed by atoms with Crippen molar-refractivity contribution in [2.24, 2.45) is 0 Å². The van der Waals surface area contributed by atoms with Crippen LogP contribution in [-0.4, -0.2) is 31.3 Å². The van der Waals surface area contributed by atoms with E-state index in [4.69, 9.17) is 5.11 Å². The standard InChI is InChI=1S/C8H14N4O2/c1-3-5-6(8(13)14)12-7(4-2)9-10-11-12/h6H,3-5H2,1-2H3,(H,13,14). The van der Waals surface area contributed by atoms with Crippen LogP contribution in [-0.2, 0) is 11.2 Å². The van der Waals surface area contributed by atoms with E-state index < -0.39 is 12.0 Å². The number of aryl methyl sites for hydroxylation is 1. The molecule has 1 unspecified atom stereocenters. The average molecular weight is 198 g/mol. The van der Waals surface area contributed by atoms with E-state index in [-0.39, 0.29) is 0 Å². The second-order valence-electron chi connectivity index (χ2n) is 3.04. The number of carboxylic acids is 1. The lowest BCUT2D eigenvalue weighted by molar-refractivity contribution is -0.141. The van der Waals surface area contributed by atoms with Crippen LogP contribution >= 0.6 is 0 Å². The first-order valence-corrected chi connectivity index (χ1v) is 4.70. The van der Waals surface area contributed by atoms with Crippen molar-refractivity contribution in [3.05, 3.63) is 5.82 Å². The molecule has 0 saturated heterocycles. The first-order chi connectivity index (χ1) is 6.70. The molecule has 0 spiro atoms. The van der Waals surface area contributed by atoms with Crippen molar-refractivity contribution in [3.8, 4) is 0 Å². The first kappa shape index (κ1) is 10.6. The molecular weight excluding hydrogens is 184 g/mol. The zero-order valence-corrected chi connectivity index (χ0v) is 8.34. The van der Waals surface area contributed by atoms with Gasteiger partial charge in [-0.15, -0.1) is 5.10 Å². The zero-order valence-electron chi connectivity index (χ0n) is 8.34. The Balaban J connectivity index is 2.92. The molecule has 0 aliphatic rings. The van der Waals surface area contributed by atoms with Crippen LogP contribution in [0.2, 0.25) is 0 Å². The Morgan fingerprint density at radius 2 is 2.29 bits per heavy atom. The highest BCUT2D eigenvalue weighted by atomic mass is 16.4. The topological polar surface area (TPSA) is 80.9 Å². The summed E-state index contributed by atoms with van der Waals surface area (Å²) < 4.78 is 1.39. The summed E-state index contributed by atoms with van der Waals surface area (Å²) in [6, 6.07) is -0.634. The normalized spacial score (nSPS) is 12.7. The van der Waals surface area contributed by atoms with Crippen LogP contribution in [0.1, 0.15) is 38.6 Å². The third-order valence-electron chi connectivity index (χ3n) is 2.02. The van der Waals surface area contributed by atoms with E-state index in [2.05, 4.69) is 15.5 Å². The van der Waals surface area contributed by atoms with Gasteiger partial charge in [0.05, 0.1) is 0 Å². The highest BCUT2D eigenvalue weighted by molar-refractivity contribution is 5.71. The number of aliphatic carboxylic acids is 1. The smallest absolute Gasteiger partial charge is 0.328 e. The van der Waals surface area contributed by atoms with E-state index in [0.717, 1.165) is 6.42 Å². The van der Waals surface area contributed by atoms with Crippen LogP contribution < -0.4 is 0 Å². The summed E-state index contributed by atoms with van der Waals surface area (Å²) in [6.45, 7) is 3.83. The molecule has 1 heterocycles. The number of nitrogens with zero attached hydrogens (tertiary/aromatic N) is 4. The molecule has 78 valence electrons. The predicted octanol–water partition coefficient (Wildman–Crippen LogP) is 0.661. The highest BCUT2D eigenvalue weighted by Crippen LogP contribution is 2.14. The fraction of sp³-hybridized carbons (Fsp3) is 0.750. The van der Waals surface area contributed by atoms with Gasteiger partial charge in [-0.1, -0.05) is 20.3 Å². The Morgan fingerprint density at radius 3 is 2.79 bits per heavy atom. The number of hydrogen-bond acceptors (Lipinski definition) is 4. The minimum atomic E-state index is -0.881. The summed E-state index contributed by atoms with van der Waals surface area (Å²) in [7, 11) is 0. The van der Waals surface area contributed by atoms with Crippen LogP contribution in [0.25, 0.3) is 0 Å². The monoisotopic (exact) mass is 198 g/mol. The molecule has 0 bridgehead atoms. The van der Waals surface area contributed by atoms with Gasteiger partial charge in [0, 0.05) is 6.42 Å². The Hall–Kier alpha value is -1.46. The van der Waals surface area contributed by atoms with E-state index in [1.54, 1.807) is 0 Å². The van der Waals surface area contributed by atoms with E-state index in [0.29, 0.717) is 18.7 Å². The SMILES string of the molecule is CCCC(C(=O)O)n1nnnc1CC. The fourth-order valence-electron chi connectivity index (χ4n) is 1.31. The Labute approximate surface area is 81.9 Å². The zero-order chi connectivity index (χ0) is 10.6. The molecule has 1 aromatic rings. The molecule has 1 rings (SSSR count). The third kappa shape index (κ3) is 2.07. The number of tetrazole rings is 1. The van der Waals surface area contributed by atoms with Crippen LogP contribution in [0, 0.1) is 0 Å². The summed E-state index contributed by atoms with van der Waals surface area (Å²) in [5, 5.41) is 19.9. The van der Waals surface area contributed by atoms with E-state index in [1.165, 1.54) is 4.68 Å². The molecule has 0 fully saturated rings. The van der Waals surface area contributed by atoms with Gasteiger partial charge in [-0.05, 0) is 16.8 Å². The molecular formula is C8H14N4O2. The molecule has 0 aromatic carbocycles. The van der Waals surface area contributed by atoms with Gasteiger partial charge in [0.2, 0.25) is 0 Å². The van der Waals surface area contributed by atoms with Crippen LogP contribution in [0.3, 0.4) is 0 Å². The summed E-state index contributed by atoms with van der Waals surface area (Å²) in [4.78, 5) is 10.9. The van der Waals surface area contributed by atoms with Gasteiger partial charge in [-0.3, -0.25) is 0 Å². The predicted molar refractivity (Wildman–Crippen MR) is 48.8 cm³/mol. The van der Waals surface area contributed by atoms with Gasteiger partial charge in [0.1, 0.15) is 0 Å². The Bertz CT molecular complexity index is 310. The summed E-state index contributed by atoms with van der Waals surface area (Å²) in [5.74, 6) is -0.264. The molecule has 0 aliphatic carbocycles. The second kappa shape index (κ2) is 4.69. The van der Waals surface area contributed by atoms with Crippen LogP contribution in [0.4, 0.5) is 0 Å². The van der Waals surface area contributed by atoms with E-state index >= 15 is 0 Å². The van der Waals surface area contributed by atoms with Crippen LogP contribution in [0.5, 0.6) is 0 Å². The van der Waals surface area contributed by atoms with Gasteiger partial charge < -0.3 is 5.11 Å². The molecule has 6 heteroatoms. The maximum Gasteiger partial charge on any atom is 0.328 e. The summed E-state index contributed by atoms with van der Waals surface area (Å²) in [5.41, 5.74) is 0. The Kier molecular flexibility index (Phi) is 3.55. The van der Waals surface area contributed by atoms with Crippen molar-refractivity contribution < 1.29 is 9.90 Å². The highest BCUT2D eigenvalue weighted by Gasteiger charge is 2.22. The molecule has 0 saturated carbocycles. The van der Waals surface area contributed by atoms with Crippen molar-refractivity contribution in [1.29, 1.82) is 0 Å². The van der Waals surface area contributed by atoms with Crippen molar-refractivity contribution >= 4 is 5.97 Å². The van der Waals surface area contributed by atoms with Crippen molar-refractivity contribution in [1.82, 2.24) is 20.2 Å². The Morgan fingerprint density at radius 1 is 1.57 bits per heavy atom. The maximum absolute atomic E-state index is 10.9. The second-order valence-corrected chi connectivity index (χ2v) is 3.04. The van der Waals surface area contributed by atoms with Crippen molar-refractivity contribution in [3.63, 3.8) is 0 Å². The molecule has 1 N–H and O–H groups in total. The van der Waals surface area contributed by atoms with Crippen molar-refractivity contribution in [2.75, 3.05) is 0 Å². The first-order valence-electron chi connectivity index (χ1n) is 4.70. The largest absolute Gasteiger partial charge is 0.480 e. The molecule has 1 atom stereocenters. The maximum atomic E-state index is 10.9. The lowest BCUT2D eigenvalue weighted by atomic mass is 10.1. The van der Waals surface area contributed by atoms with Crippen molar-refractivity contribution in [2.45, 2.75) is 39.2 Å². The van der Waals surface area contributed by atoms with Crippen LogP contribution in [0.15, 0.2) is 0 Å². The van der Waals surface area contributed by atoms with Gasteiger partial charge in [0.25, 0.3) is 0 Å². The van der Waals surface area contributed by atoms with E-state index in [1.807, 2.05) is 13.8 Å².